The van der Waals surface area contributed by atoms with Gasteiger partial charge in [0, 0.05) is 21.1 Å². The summed E-state index contributed by atoms with van der Waals surface area (Å²) >= 11 is 4.62. The molecule has 0 atom stereocenters. The summed E-state index contributed by atoms with van der Waals surface area (Å²) < 4.78 is 29.7. The monoisotopic (exact) mass is 403 g/mol. The molecule has 0 saturated heterocycles. The van der Waals surface area contributed by atoms with Gasteiger partial charge in [0.1, 0.15) is 10.8 Å². The lowest BCUT2D eigenvalue weighted by atomic mass is 10.2. The van der Waals surface area contributed by atoms with E-state index in [0.717, 1.165) is 5.69 Å². The molecule has 1 heterocycles. The Morgan fingerprint density at radius 1 is 1.57 bits per heavy atom. The molecule has 1 N–H and O–H groups in total. The molecule has 5 nitrogen and oxygen atoms in total. The molecule has 0 aliphatic heterocycles. The lowest BCUT2D eigenvalue weighted by molar-refractivity contribution is -0.120. The second-order valence-corrected chi connectivity index (χ2v) is 6.27. The fourth-order valence-electron chi connectivity index (χ4n) is 1.66. The maximum absolute atomic E-state index is 12.3. The van der Waals surface area contributed by atoms with Gasteiger partial charge < -0.3 is 4.74 Å². The molecule has 9 heteroatoms. The smallest absolute Gasteiger partial charge is 0.387 e. The molecular weight excluding hydrogens is 392 g/mol. The highest BCUT2D eigenvalue weighted by atomic mass is 79.9. The van der Waals surface area contributed by atoms with Crippen molar-refractivity contribution in [1.29, 1.82) is 0 Å². The van der Waals surface area contributed by atoms with Crippen molar-refractivity contribution in [2.75, 3.05) is 0 Å². The Morgan fingerprint density at radius 2 is 2.35 bits per heavy atom. The summed E-state index contributed by atoms with van der Waals surface area (Å²) in [5.74, 6) is -0.376. The van der Waals surface area contributed by atoms with Gasteiger partial charge in [-0.2, -0.15) is 13.9 Å². The Labute approximate surface area is 143 Å². The number of carbonyl (C=O) groups is 1. The third kappa shape index (κ3) is 5.68. The second kappa shape index (κ2) is 8.11. The number of hydrogen-bond acceptors (Lipinski definition) is 5. The number of thiazole rings is 1. The van der Waals surface area contributed by atoms with Crippen molar-refractivity contribution >= 4 is 39.4 Å². The van der Waals surface area contributed by atoms with E-state index in [1.165, 1.54) is 23.6 Å². The van der Waals surface area contributed by atoms with Crippen LogP contribution in [-0.4, -0.2) is 23.7 Å². The molecule has 0 fully saturated rings. The van der Waals surface area contributed by atoms with Gasteiger partial charge >= 0.3 is 6.61 Å². The van der Waals surface area contributed by atoms with Gasteiger partial charge in [0.15, 0.2) is 0 Å². The summed E-state index contributed by atoms with van der Waals surface area (Å²) in [6, 6.07) is 4.51. The molecule has 1 aromatic heterocycles. The fourth-order valence-corrected chi connectivity index (χ4v) is 2.81. The van der Waals surface area contributed by atoms with E-state index in [0.29, 0.717) is 15.0 Å². The third-order valence-electron chi connectivity index (χ3n) is 2.56. The second-order valence-electron chi connectivity index (χ2n) is 4.41. The highest BCUT2D eigenvalue weighted by molar-refractivity contribution is 9.10. The number of rotatable bonds is 6. The van der Waals surface area contributed by atoms with Crippen molar-refractivity contribution in [3.05, 3.63) is 44.3 Å². The lowest BCUT2D eigenvalue weighted by Crippen LogP contribution is -2.19. The predicted molar refractivity (Wildman–Crippen MR) is 87.1 cm³/mol. The lowest BCUT2D eigenvalue weighted by Gasteiger charge is -2.07. The Hall–Kier alpha value is -1.87. The zero-order valence-corrected chi connectivity index (χ0v) is 14.3. The number of ether oxygens (including phenoxy) is 1. The number of hydrazone groups is 1. The number of carbonyl (C=O) groups excluding carboxylic acids is 1. The average Bonchev–Trinajstić information content (AvgIpc) is 2.86. The van der Waals surface area contributed by atoms with Crippen LogP contribution in [0.4, 0.5) is 8.78 Å². The van der Waals surface area contributed by atoms with Crippen molar-refractivity contribution in [1.82, 2.24) is 10.4 Å². The van der Waals surface area contributed by atoms with Gasteiger partial charge in [-0.05, 0) is 25.1 Å². The van der Waals surface area contributed by atoms with Gasteiger partial charge in [0.2, 0.25) is 5.91 Å². The van der Waals surface area contributed by atoms with Crippen LogP contribution in [0.15, 0.2) is 33.2 Å². The minimum Gasteiger partial charge on any atom is -0.434 e. The van der Waals surface area contributed by atoms with Crippen molar-refractivity contribution in [2.45, 2.75) is 20.0 Å². The van der Waals surface area contributed by atoms with E-state index in [1.54, 1.807) is 12.1 Å². The summed E-state index contributed by atoms with van der Waals surface area (Å²) in [6.07, 6.45) is 1.35. The molecule has 2 rings (SSSR count). The highest BCUT2D eigenvalue weighted by Gasteiger charge is 2.09. The van der Waals surface area contributed by atoms with E-state index in [2.05, 4.69) is 36.2 Å². The number of nitrogens with zero attached hydrogens (tertiary/aromatic N) is 2. The van der Waals surface area contributed by atoms with Gasteiger partial charge in [-0.3, -0.25) is 4.79 Å². The molecule has 0 bridgehead atoms. The molecule has 0 aliphatic carbocycles. The van der Waals surface area contributed by atoms with E-state index < -0.39 is 6.61 Å². The van der Waals surface area contributed by atoms with Crippen LogP contribution in [0.3, 0.4) is 0 Å². The number of nitrogens with one attached hydrogen (secondary N) is 1. The van der Waals surface area contributed by atoms with E-state index in [9.17, 15) is 13.6 Å². The Bertz CT molecular complexity index is 722. The zero-order valence-electron chi connectivity index (χ0n) is 11.9. The molecular formula is C14H12BrF2N3O2S. The normalized spacial score (nSPS) is 11.2. The number of halogens is 3. The maximum atomic E-state index is 12.3. The minimum absolute atomic E-state index is 0.0308. The number of hydrogen-bond donors (Lipinski definition) is 1. The Balaban J connectivity index is 1.99. The largest absolute Gasteiger partial charge is 0.434 e. The van der Waals surface area contributed by atoms with E-state index in [4.69, 9.17) is 0 Å². The van der Waals surface area contributed by atoms with Crippen LogP contribution in [-0.2, 0) is 11.2 Å². The Morgan fingerprint density at radius 3 is 3.00 bits per heavy atom. The first-order valence-electron chi connectivity index (χ1n) is 6.41. The zero-order chi connectivity index (χ0) is 16.8. The summed E-state index contributed by atoms with van der Waals surface area (Å²) in [4.78, 5) is 15.9. The van der Waals surface area contributed by atoms with Crippen LogP contribution in [0.1, 0.15) is 16.3 Å². The molecule has 0 aliphatic rings. The first-order valence-corrected chi connectivity index (χ1v) is 8.08. The summed E-state index contributed by atoms with van der Waals surface area (Å²) in [5, 5.41) is 6.29. The molecule has 0 spiro atoms. The predicted octanol–water partition coefficient (Wildman–Crippen LogP) is 3.51. The van der Waals surface area contributed by atoms with Gasteiger partial charge in [-0.1, -0.05) is 15.9 Å². The van der Waals surface area contributed by atoms with Crippen LogP contribution in [0, 0.1) is 6.92 Å². The number of aromatic nitrogens is 1. The van der Waals surface area contributed by atoms with Gasteiger partial charge in [0.25, 0.3) is 0 Å². The van der Waals surface area contributed by atoms with Crippen LogP contribution < -0.4 is 10.2 Å². The topological polar surface area (TPSA) is 63.6 Å². The maximum Gasteiger partial charge on any atom is 0.387 e. The van der Waals surface area contributed by atoms with Crippen LogP contribution >= 0.6 is 27.3 Å². The highest BCUT2D eigenvalue weighted by Crippen LogP contribution is 2.23. The molecule has 2 aromatic rings. The number of aryl methyl sites for hydroxylation is 1. The van der Waals surface area contributed by atoms with Gasteiger partial charge in [-0.25, -0.2) is 10.4 Å². The number of amides is 1. The molecule has 122 valence electrons. The van der Waals surface area contributed by atoms with E-state index >= 15 is 0 Å². The average molecular weight is 404 g/mol. The Kier molecular flexibility index (Phi) is 6.17. The first-order chi connectivity index (χ1) is 10.9. The van der Waals surface area contributed by atoms with Crippen LogP contribution in [0.5, 0.6) is 5.75 Å². The number of benzene rings is 1. The van der Waals surface area contributed by atoms with Crippen molar-refractivity contribution in [3.8, 4) is 5.75 Å². The van der Waals surface area contributed by atoms with Crippen molar-refractivity contribution in [3.63, 3.8) is 0 Å². The SMILES string of the molecule is Cc1csc(CC(=O)N/N=C\c2cc(Br)ccc2OC(F)F)n1. The van der Waals surface area contributed by atoms with E-state index in [1.807, 2.05) is 12.3 Å². The van der Waals surface area contributed by atoms with Gasteiger partial charge in [0.05, 0.1) is 12.6 Å². The molecule has 1 amide bonds. The van der Waals surface area contributed by atoms with Crippen molar-refractivity contribution in [2.24, 2.45) is 5.10 Å². The summed E-state index contributed by atoms with van der Waals surface area (Å²) in [5.41, 5.74) is 3.49. The van der Waals surface area contributed by atoms with E-state index in [-0.39, 0.29) is 18.1 Å². The van der Waals surface area contributed by atoms with Crippen molar-refractivity contribution < 1.29 is 18.3 Å². The summed E-state index contributed by atoms with van der Waals surface area (Å²) in [7, 11) is 0. The van der Waals surface area contributed by atoms with Crippen LogP contribution in [0.25, 0.3) is 0 Å². The molecule has 0 radical (unpaired) electrons. The molecule has 0 saturated carbocycles. The first kappa shape index (κ1) is 17.5. The third-order valence-corrected chi connectivity index (χ3v) is 4.02. The molecule has 0 unspecified atom stereocenters. The summed E-state index contributed by atoms with van der Waals surface area (Å²) in [6.45, 7) is -1.10. The van der Waals surface area contributed by atoms with Gasteiger partial charge in [-0.15, -0.1) is 11.3 Å². The minimum atomic E-state index is -2.94. The number of alkyl halides is 2. The molecule has 23 heavy (non-hydrogen) atoms. The van der Waals surface area contributed by atoms with Crippen LogP contribution in [0.2, 0.25) is 0 Å². The molecule has 1 aromatic carbocycles. The standard InChI is InChI=1S/C14H12BrF2N3O2S/c1-8-7-23-13(19-8)5-12(21)20-18-6-9-4-10(15)2-3-11(9)22-14(16)17/h2-4,6-7,14H,5H2,1H3,(H,20,21)/b18-6-. The quantitative estimate of drug-likeness (QED) is 0.592. The fraction of sp³-hybridized carbons (Fsp3) is 0.214.